The molecule has 0 aliphatic heterocycles. The van der Waals surface area contributed by atoms with Gasteiger partial charge in [-0.25, -0.2) is 4.98 Å². The molecule has 2 unspecified atom stereocenters. The van der Waals surface area contributed by atoms with Crippen LogP contribution in [0.5, 0.6) is 0 Å². The maximum atomic E-state index is 8.90. The summed E-state index contributed by atoms with van der Waals surface area (Å²) >= 11 is 5.88. The lowest BCUT2D eigenvalue weighted by Gasteiger charge is -2.06. The first-order valence-corrected chi connectivity index (χ1v) is 6.53. The zero-order chi connectivity index (χ0) is 13.2. The molecule has 4 heteroatoms. The zero-order valence-corrected chi connectivity index (χ0v) is 10.9. The highest BCUT2D eigenvalue weighted by molar-refractivity contribution is 6.29. The molecule has 1 aromatic carbocycles. The number of nitrogens with zero attached hydrogens (tertiary/aromatic N) is 2. The molecule has 1 aromatic heterocycles. The van der Waals surface area contributed by atoms with Crippen LogP contribution in [0.4, 0.5) is 5.82 Å². The third-order valence-electron chi connectivity index (χ3n) is 3.27. The Morgan fingerprint density at radius 2 is 2.05 bits per heavy atom. The second kappa shape index (κ2) is 4.91. The molecule has 1 fully saturated rings. The topological polar surface area (TPSA) is 48.7 Å². The number of benzene rings is 1. The molecular formula is C15H12ClN3. The van der Waals surface area contributed by atoms with E-state index in [2.05, 4.69) is 40.6 Å². The Labute approximate surface area is 116 Å². The highest BCUT2D eigenvalue weighted by Gasteiger charge is 2.38. The Kier molecular flexibility index (Phi) is 3.10. The summed E-state index contributed by atoms with van der Waals surface area (Å²) < 4.78 is 0. The molecule has 19 heavy (non-hydrogen) atoms. The molecule has 3 nitrogen and oxygen atoms in total. The molecule has 1 N–H and O–H groups in total. The van der Waals surface area contributed by atoms with Crippen molar-refractivity contribution in [3.05, 3.63) is 58.7 Å². The van der Waals surface area contributed by atoms with E-state index in [1.165, 1.54) is 5.56 Å². The van der Waals surface area contributed by atoms with Gasteiger partial charge in [-0.2, -0.15) is 5.26 Å². The average molecular weight is 270 g/mol. The number of pyridine rings is 1. The Morgan fingerprint density at radius 3 is 2.79 bits per heavy atom. The quantitative estimate of drug-likeness (QED) is 0.867. The van der Waals surface area contributed by atoms with Crippen LogP contribution in [0.1, 0.15) is 23.5 Å². The predicted octanol–water partition coefficient (Wildman–Crippen LogP) is 3.57. The summed E-state index contributed by atoms with van der Waals surface area (Å²) in [6.45, 7) is 0. The zero-order valence-electron chi connectivity index (χ0n) is 10.2. The Hall–Kier alpha value is -2.05. The van der Waals surface area contributed by atoms with Gasteiger partial charge in [-0.15, -0.1) is 0 Å². The lowest BCUT2D eigenvalue weighted by atomic mass is 10.1. The summed E-state index contributed by atoms with van der Waals surface area (Å²) in [6, 6.07) is 16.1. The normalized spacial score (nSPS) is 20.6. The van der Waals surface area contributed by atoms with Crippen molar-refractivity contribution in [2.75, 3.05) is 5.32 Å². The molecule has 2 aromatic rings. The van der Waals surface area contributed by atoms with Crippen LogP contribution < -0.4 is 5.32 Å². The molecule has 0 radical (unpaired) electrons. The van der Waals surface area contributed by atoms with Crippen molar-refractivity contribution in [2.45, 2.75) is 18.4 Å². The van der Waals surface area contributed by atoms with E-state index in [4.69, 9.17) is 16.9 Å². The summed E-state index contributed by atoms with van der Waals surface area (Å²) in [6.07, 6.45) is 1.08. The van der Waals surface area contributed by atoms with Gasteiger partial charge in [0, 0.05) is 12.0 Å². The van der Waals surface area contributed by atoms with Crippen LogP contribution in [-0.4, -0.2) is 11.0 Å². The molecule has 0 spiro atoms. The van der Waals surface area contributed by atoms with Crippen molar-refractivity contribution in [3.63, 3.8) is 0 Å². The van der Waals surface area contributed by atoms with Gasteiger partial charge in [-0.05, 0) is 24.1 Å². The van der Waals surface area contributed by atoms with Crippen molar-refractivity contribution < 1.29 is 0 Å². The maximum Gasteiger partial charge on any atom is 0.132 e. The van der Waals surface area contributed by atoms with Crippen LogP contribution >= 0.6 is 11.6 Å². The van der Waals surface area contributed by atoms with Crippen LogP contribution in [0.15, 0.2) is 42.5 Å². The molecule has 0 amide bonds. The molecule has 1 aliphatic carbocycles. The van der Waals surface area contributed by atoms with Gasteiger partial charge in [0.25, 0.3) is 0 Å². The van der Waals surface area contributed by atoms with E-state index in [1.54, 1.807) is 12.1 Å². The van der Waals surface area contributed by atoms with Crippen LogP contribution in [0, 0.1) is 11.3 Å². The number of hydrogen-bond acceptors (Lipinski definition) is 3. The summed E-state index contributed by atoms with van der Waals surface area (Å²) in [7, 11) is 0. The van der Waals surface area contributed by atoms with Gasteiger partial charge >= 0.3 is 0 Å². The van der Waals surface area contributed by atoms with Crippen LogP contribution in [0.25, 0.3) is 0 Å². The van der Waals surface area contributed by atoms with E-state index < -0.39 is 0 Å². The molecule has 94 valence electrons. The molecular weight excluding hydrogens is 258 g/mol. The number of rotatable bonds is 3. The van der Waals surface area contributed by atoms with Gasteiger partial charge in [0.15, 0.2) is 0 Å². The second-order valence-electron chi connectivity index (χ2n) is 4.68. The SMILES string of the molecule is N#Cc1cc(Cl)nc(NC2CC2c2ccccc2)c1. The second-order valence-corrected chi connectivity index (χ2v) is 5.07. The maximum absolute atomic E-state index is 8.90. The highest BCUT2D eigenvalue weighted by Crippen LogP contribution is 2.42. The molecule has 1 saturated carbocycles. The van der Waals surface area contributed by atoms with Gasteiger partial charge in [0.2, 0.25) is 0 Å². The molecule has 1 aliphatic rings. The number of hydrogen-bond donors (Lipinski definition) is 1. The van der Waals surface area contributed by atoms with Gasteiger partial charge in [-0.3, -0.25) is 0 Å². The molecule has 0 saturated heterocycles. The average Bonchev–Trinajstić information content (AvgIpc) is 3.18. The fraction of sp³-hybridized carbons (Fsp3) is 0.200. The van der Waals surface area contributed by atoms with Crippen molar-refractivity contribution in [1.29, 1.82) is 5.26 Å². The minimum absolute atomic E-state index is 0.346. The van der Waals surface area contributed by atoms with Crippen molar-refractivity contribution in [3.8, 4) is 6.07 Å². The van der Waals surface area contributed by atoms with E-state index in [0.29, 0.717) is 28.5 Å². The molecule has 1 heterocycles. The fourth-order valence-electron chi connectivity index (χ4n) is 2.25. The third kappa shape index (κ3) is 2.69. The third-order valence-corrected chi connectivity index (χ3v) is 3.47. The first kappa shape index (κ1) is 12.0. The van der Waals surface area contributed by atoms with Gasteiger partial charge in [-0.1, -0.05) is 41.9 Å². The first-order chi connectivity index (χ1) is 9.26. The summed E-state index contributed by atoms with van der Waals surface area (Å²) in [5.74, 6) is 1.19. The summed E-state index contributed by atoms with van der Waals surface area (Å²) in [4.78, 5) is 4.19. The van der Waals surface area contributed by atoms with Gasteiger partial charge < -0.3 is 5.32 Å². The van der Waals surface area contributed by atoms with E-state index in [9.17, 15) is 0 Å². The number of aromatic nitrogens is 1. The van der Waals surface area contributed by atoms with Crippen molar-refractivity contribution in [2.24, 2.45) is 0 Å². The monoisotopic (exact) mass is 269 g/mol. The van der Waals surface area contributed by atoms with Gasteiger partial charge in [0.1, 0.15) is 11.0 Å². The Morgan fingerprint density at radius 1 is 1.26 bits per heavy atom. The number of halogens is 1. The van der Waals surface area contributed by atoms with E-state index in [1.807, 2.05) is 6.07 Å². The van der Waals surface area contributed by atoms with E-state index in [-0.39, 0.29) is 0 Å². The molecule has 2 atom stereocenters. The van der Waals surface area contributed by atoms with Crippen molar-refractivity contribution in [1.82, 2.24) is 4.98 Å². The largest absolute Gasteiger partial charge is 0.367 e. The molecule has 3 rings (SSSR count). The number of anilines is 1. The predicted molar refractivity (Wildman–Crippen MR) is 75.2 cm³/mol. The van der Waals surface area contributed by atoms with E-state index >= 15 is 0 Å². The highest BCUT2D eigenvalue weighted by atomic mass is 35.5. The summed E-state index contributed by atoms with van der Waals surface area (Å²) in [5, 5.41) is 12.6. The van der Waals surface area contributed by atoms with Crippen LogP contribution in [-0.2, 0) is 0 Å². The number of nitriles is 1. The first-order valence-electron chi connectivity index (χ1n) is 6.15. The minimum Gasteiger partial charge on any atom is -0.367 e. The minimum atomic E-state index is 0.346. The number of nitrogens with one attached hydrogen (secondary N) is 1. The lowest BCUT2D eigenvalue weighted by molar-refractivity contribution is 1.03. The lowest BCUT2D eigenvalue weighted by Crippen LogP contribution is -2.06. The molecule has 0 bridgehead atoms. The fourth-order valence-corrected chi connectivity index (χ4v) is 2.46. The van der Waals surface area contributed by atoms with Gasteiger partial charge in [0.05, 0.1) is 11.6 Å². The van der Waals surface area contributed by atoms with E-state index in [0.717, 1.165) is 6.42 Å². The smallest absolute Gasteiger partial charge is 0.132 e. The Bertz CT molecular complexity index is 634. The Balaban J connectivity index is 1.71. The van der Waals surface area contributed by atoms with Crippen LogP contribution in [0.2, 0.25) is 5.15 Å². The standard InChI is InChI=1S/C15H12ClN3/c16-14-6-10(9-17)7-15(19-14)18-13-8-12(13)11-4-2-1-3-5-11/h1-7,12-13H,8H2,(H,18,19). The van der Waals surface area contributed by atoms with Crippen LogP contribution in [0.3, 0.4) is 0 Å². The summed E-state index contributed by atoms with van der Waals surface area (Å²) in [5.41, 5.74) is 1.86. The van der Waals surface area contributed by atoms with Crippen molar-refractivity contribution >= 4 is 17.4 Å².